The summed E-state index contributed by atoms with van der Waals surface area (Å²) in [6.07, 6.45) is -5.71. The Kier molecular flexibility index (Phi) is 10.2. The highest BCUT2D eigenvalue weighted by atomic mass is 16.6. The van der Waals surface area contributed by atoms with Crippen LogP contribution in [0, 0.1) is 22.7 Å². The van der Waals surface area contributed by atoms with Crippen molar-refractivity contribution < 1.29 is 58.2 Å². The predicted molar refractivity (Wildman–Crippen MR) is 189 cm³/mol. The number of carbonyl (C=O) groups excluding carboxylic acids is 4. The van der Waals surface area contributed by atoms with Crippen molar-refractivity contribution in [3.8, 4) is 0 Å². The highest BCUT2D eigenvalue weighted by molar-refractivity contribution is 5.93. The van der Waals surface area contributed by atoms with Crippen molar-refractivity contribution in [2.45, 2.75) is 141 Å². The van der Waals surface area contributed by atoms with Gasteiger partial charge in [-0.15, -0.1) is 0 Å². The van der Waals surface area contributed by atoms with E-state index in [-0.39, 0.29) is 44.0 Å². The van der Waals surface area contributed by atoms with Crippen LogP contribution in [0.3, 0.4) is 0 Å². The second kappa shape index (κ2) is 13.7. The maximum Gasteiger partial charge on any atom is 0.408 e. The molecular weight excluding hydrogens is 686 g/mol. The molecule has 6 rings (SSSR count). The maximum atomic E-state index is 14.8. The Labute approximate surface area is 310 Å². The molecule has 1 saturated heterocycles. The molecule has 4 fully saturated rings. The first-order valence-electron chi connectivity index (χ1n) is 18.7. The zero-order valence-corrected chi connectivity index (χ0v) is 32.0. The highest BCUT2D eigenvalue weighted by Gasteiger charge is 2.77. The number of ketones is 1. The first-order valence-corrected chi connectivity index (χ1v) is 18.7. The molecule has 0 aromatic heterocycles. The second-order valence-corrected chi connectivity index (χ2v) is 17.5. The minimum atomic E-state index is -1.94. The van der Waals surface area contributed by atoms with Crippen LogP contribution in [-0.2, 0) is 38.1 Å². The topological polar surface area (TPSA) is 187 Å². The smallest absolute Gasteiger partial charge is 0.408 e. The summed E-state index contributed by atoms with van der Waals surface area (Å²) in [6.45, 7) is 13.2. The maximum absolute atomic E-state index is 14.8. The van der Waals surface area contributed by atoms with Gasteiger partial charge in [-0.2, -0.15) is 0 Å². The highest BCUT2D eigenvalue weighted by Crippen LogP contribution is 2.64. The van der Waals surface area contributed by atoms with Crippen LogP contribution in [-0.4, -0.2) is 99.7 Å². The fraction of sp³-hybridized carbons (Fsp3) is 0.700. The number of aliphatic hydroxyl groups is 3. The second-order valence-electron chi connectivity index (χ2n) is 17.5. The standard InChI is InChI=1S/C40H55NO12/c1-21-26(51-29(44)16-25(24-12-10-9-11-13-24)41-35(47)53-36(3,4)5)18-40(48)34(49-19-23-14-15-23)32-38(8,33(46)31(45)30(21)37(40,6)7)27(43)17-28-39(32,20-50-28)52-22(2)42/h9-13,23,25-28,31-32,34,43,45,48H,14-20H2,1-8H3,(H,41,47)/t25?,26-,27?,28?,31?,32?,34-,38+,39-,40?/m0/s1. The third-order valence-electron chi connectivity index (χ3n) is 12.4. The molecule has 292 valence electrons. The van der Waals surface area contributed by atoms with E-state index < -0.39 is 93.9 Å². The van der Waals surface area contributed by atoms with Crippen LogP contribution < -0.4 is 5.32 Å². The Hall–Kier alpha value is -3.36. The molecule has 13 heteroatoms. The Balaban J connectivity index is 1.41. The Bertz CT molecular complexity index is 1650. The van der Waals surface area contributed by atoms with Gasteiger partial charge in [0.2, 0.25) is 0 Å². The van der Waals surface area contributed by atoms with E-state index in [1.54, 1.807) is 72.7 Å². The van der Waals surface area contributed by atoms with Gasteiger partial charge in [-0.1, -0.05) is 44.2 Å². The molecule has 1 heterocycles. The minimum absolute atomic E-state index is 0.0336. The largest absolute Gasteiger partial charge is 0.458 e. The molecule has 1 amide bonds. The van der Waals surface area contributed by atoms with Gasteiger partial charge in [0.1, 0.15) is 29.5 Å². The number of aliphatic hydroxyl groups excluding tert-OH is 2. The Morgan fingerprint density at radius 1 is 1.08 bits per heavy atom. The summed E-state index contributed by atoms with van der Waals surface area (Å²) in [6, 6.07) is 8.07. The van der Waals surface area contributed by atoms with Crippen molar-refractivity contribution in [3.63, 3.8) is 0 Å². The molecule has 10 atom stereocenters. The third kappa shape index (κ3) is 6.81. The van der Waals surface area contributed by atoms with Gasteiger partial charge in [-0.3, -0.25) is 14.4 Å². The fourth-order valence-corrected chi connectivity index (χ4v) is 9.37. The van der Waals surface area contributed by atoms with E-state index >= 15 is 0 Å². The fourth-order valence-electron chi connectivity index (χ4n) is 9.37. The van der Waals surface area contributed by atoms with Gasteiger partial charge in [0.25, 0.3) is 0 Å². The molecule has 6 unspecified atom stereocenters. The molecular formula is C40H55NO12. The monoisotopic (exact) mass is 741 g/mol. The number of benzene rings is 1. The summed E-state index contributed by atoms with van der Waals surface area (Å²) in [5, 5.41) is 40.0. The van der Waals surface area contributed by atoms with Crippen molar-refractivity contribution in [2.75, 3.05) is 13.2 Å². The zero-order chi connectivity index (χ0) is 38.9. The van der Waals surface area contributed by atoms with Crippen LogP contribution in [0.1, 0.15) is 99.1 Å². The van der Waals surface area contributed by atoms with Crippen LogP contribution >= 0.6 is 0 Å². The summed E-state index contributed by atoms with van der Waals surface area (Å²) >= 11 is 0. The van der Waals surface area contributed by atoms with Crippen LogP contribution in [0.2, 0.25) is 0 Å². The number of ether oxygens (including phenoxy) is 5. The molecule has 4 aliphatic carbocycles. The Morgan fingerprint density at radius 3 is 2.30 bits per heavy atom. The van der Waals surface area contributed by atoms with Crippen molar-refractivity contribution in [2.24, 2.45) is 22.7 Å². The quantitative estimate of drug-likeness (QED) is 0.163. The minimum Gasteiger partial charge on any atom is -0.458 e. The van der Waals surface area contributed by atoms with Crippen molar-refractivity contribution in [1.82, 2.24) is 5.32 Å². The average Bonchev–Trinajstić information content (AvgIpc) is 3.88. The van der Waals surface area contributed by atoms with E-state index in [0.717, 1.165) is 12.8 Å². The number of alkyl carbamates (subject to hydrolysis) is 1. The summed E-state index contributed by atoms with van der Waals surface area (Å²) < 4.78 is 30.3. The van der Waals surface area contributed by atoms with Gasteiger partial charge in [0.15, 0.2) is 11.4 Å². The molecule has 4 N–H and O–H groups in total. The lowest BCUT2D eigenvalue weighted by atomic mass is 9.44. The van der Waals surface area contributed by atoms with E-state index in [2.05, 4.69) is 5.32 Å². The van der Waals surface area contributed by atoms with Gasteiger partial charge in [0, 0.05) is 37.7 Å². The molecule has 2 bridgehead atoms. The zero-order valence-electron chi connectivity index (χ0n) is 32.0. The molecule has 53 heavy (non-hydrogen) atoms. The van der Waals surface area contributed by atoms with E-state index in [9.17, 15) is 34.5 Å². The molecule has 1 aromatic carbocycles. The van der Waals surface area contributed by atoms with Gasteiger partial charge in [0.05, 0.1) is 36.7 Å². The number of nitrogens with one attached hydrogen (secondary N) is 1. The SMILES string of the molecule is CC(=O)O[C@@]12COC1CC(O)[C@@]1(C)C(=O)C(O)C3=C(C)[C@@H](OC(=O)CC(NC(=O)OC(C)(C)C)c4ccccc4)CC(O)([C@@H](OCC4CC4)C21)C3(C)C. The number of hydrogen-bond donors (Lipinski definition) is 4. The van der Waals surface area contributed by atoms with Gasteiger partial charge < -0.3 is 44.3 Å². The van der Waals surface area contributed by atoms with E-state index in [4.69, 9.17) is 23.7 Å². The van der Waals surface area contributed by atoms with Crippen LogP contribution in [0.15, 0.2) is 41.5 Å². The number of rotatable bonds is 9. The summed E-state index contributed by atoms with van der Waals surface area (Å²) in [4.78, 5) is 54.3. The number of Topliss-reactive ketones (excluding diaryl/α,β-unsaturated/α-hetero) is 1. The molecule has 0 radical (unpaired) electrons. The lowest BCUT2D eigenvalue weighted by molar-refractivity contribution is -0.351. The third-order valence-corrected chi connectivity index (χ3v) is 12.4. The molecule has 1 aliphatic heterocycles. The lowest BCUT2D eigenvalue weighted by Crippen LogP contribution is -2.81. The summed E-state index contributed by atoms with van der Waals surface area (Å²) in [5.41, 5.74) is -6.06. The van der Waals surface area contributed by atoms with Gasteiger partial charge in [-0.25, -0.2) is 4.79 Å². The predicted octanol–water partition coefficient (Wildman–Crippen LogP) is 3.86. The van der Waals surface area contributed by atoms with Crippen molar-refractivity contribution >= 4 is 23.8 Å². The summed E-state index contributed by atoms with van der Waals surface area (Å²) in [5.74, 6) is -2.99. The van der Waals surface area contributed by atoms with E-state index in [0.29, 0.717) is 11.1 Å². The number of carbonyl (C=O) groups is 4. The normalized spacial score (nSPS) is 36.8. The van der Waals surface area contributed by atoms with Gasteiger partial charge in [-0.05, 0) is 70.1 Å². The first-order chi connectivity index (χ1) is 24.7. The van der Waals surface area contributed by atoms with E-state index in [1.807, 2.05) is 6.07 Å². The number of fused-ring (bicyclic) bond motifs is 5. The van der Waals surface area contributed by atoms with Crippen LogP contribution in [0.25, 0.3) is 0 Å². The van der Waals surface area contributed by atoms with Crippen LogP contribution in [0.5, 0.6) is 0 Å². The lowest BCUT2D eigenvalue weighted by Gasteiger charge is -2.67. The molecule has 0 spiro atoms. The molecule has 5 aliphatic rings. The average molecular weight is 742 g/mol. The number of esters is 2. The number of amides is 1. The van der Waals surface area contributed by atoms with Gasteiger partial charge >= 0.3 is 18.0 Å². The van der Waals surface area contributed by atoms with Crippen molar-refractivity contribution in [3.05, 3.63) is 47.0 Å². The Morgan fingerprint density at radius 2 is 1.74 bits per heavy atom. The molecule has 1 aromatic rings. The molecule has 3 saturated carbocycles. The van der Waals surface area contributed by atoms with Crippen LogP contribution in [0.4, 0.5) is 4.79 Å². The number of hydrogen-bond acceptors (Lipinski definition) is 12. The molecule has 13 nitrogen and oxygen atoms in total. The summed E-state index contributed by atoms with van der Waals surface area (Å²) in [7, 11) is 0. The van der Waals surface area contributed by atoms with E-state index in [1.165, 1.54) is 6.92 Å². The van der Waals surface area contributed by atoms with Crippen molar-refractivity contribution in [1.29, 1.82) is 0 Å². The first kappa shape index (κ1) is 39.3.